The molecule has 0 radical (unpaired) electrons. The molecule has 5 N–H and O–H groups in total. The van der Waals surface area contributed by atoms with E-state index in [1.165, 1.54) is 0 Å². The Balaban J connectivity index is 2.61. The molecule has 0 bridgehead atoms. The molecule has 15 heavy (non-hydrogen) atoms. The van der Waals surface area contributed by atoms with Crippen LogP contribution in [0.4, 0.5) is 11.5 Å². The molecule has 84 valence electrons. The van der Waals surface area contributed by atoms with Crippen molar-refractivity contribution >= 4 is 11.5 Å². The third-order valence-corrected chi connectivity index (χ3v) is 2.25. The van der Waals surface area contributed by atoms with Crippen LogP contribution in [-0.2, 0) is 0 Å². The number of aliphatic hydroxyl groups excluding tert-OH is 1. The number of hydrogen-bond donors (Lipinski definition) is 4. The van der Waals surface area contributed by atoms with Crippen LogP contribution >= 0.6 is 0 Å². The average Bonchev–Trinajstić information content (AvgIpc) is 2.29. The van der Waals surface area contributed by atoms with Crippen LogP contribution in [0.15, 0.2) is 18.3 Å². The van der Waals surface area contributed by atoms with Gasteiger partial charge in [0, 0.05) is 30.6 Å². The summed E-state index contributed by atoms with van der Waals surface area (Å²) in [6, 6.07) is 3.99. The molecule has 0 saturated heterocycles. The van der Waals surface area contributed by atoms with E-state index in [0.29, 0.717) is 5.82 Å². The highest BCUT2D eigenvalue weighted by molar-refractivity contribution is 5.51. The van der Waals surface area contributed by atoms with E-state index in [4.69, 9.17) is 10.9 Å². The minimum absolute atomic E-state index is 0.193. The quantitative estimate of drug-likeness (QED) is 0.415. The van der Waals surface area contributed by atoms with E-state index in [2.05, 4.69) is 22.7 Å². The summed E-state index contributed by atoms with van der Waals surface area (Å²) in [5, 5.41) is 12.2. The predicted molar refractivity (Wildman–Crippen MR) is 61.5 cm³/mol. The summed E-state index contributed by atoms with van der Waals surface area (Å²) in [5.41, 5.74) is 3.45. The normalized spacial score (nSPS) is 12.2. The lowest BCUT2D eigenvalue weighted by Gasteiger charge is -2.17. The minimum atomic E-state index is 0.193. The molecule has 1 atom stereocenters. The second-order valence-electron chi connectivity index (χ2n) is 3.34. The highest BCUT2D eigenvalue weighted by atomic mass is 16.3. The van der Waals surface area contributed by atoms with Crippen LogP contribution in [0, 0.1) is 0 Å². The lowest BCUT2D eigenvalue weighted by Crippen LogP contribution is -2.20. The zero-order valence-corrected chi connectivity index (χ0v) is 8.90. The number of aromatic nitrogens is 1. The van der Waals surface area contributed by atoms with Crippen molar-refractivity contribution in [1.29, 1.82) is 0 Å². The molecule has 1 heterocycles. The molecular formula is C10H18N4O. The van der Waals surface area contributed by atoms with E-state index < -0.39 is 0 Å². The van der Waals surface area contributed by atoms with Crippen molar-refractivity contribution in [2.24, 2.45) is 5.84 Å². The molecule has 0 fully saturated rings. The van der Waals surface area contributed by atoms with Gasteiger partial charge in [-0.25, -0.2) is 10.8 Å². The number of rotatable bonds is 6. The van der Waals surface area contributed by atoms with Gasteiger partial charge in [-0.3, -0.25) is 0 Å². The van der Waals surface area contributed by atoms with E-state index in [9.17, 15) is 0 Å². The number of aliphatic hydroxyl groups is 1. The smallest absolute Gasteiger partial charge is 0.141 e. The van der Waals surface area contributed by atoms with E-state index in [-0.39, 0.29) is 12.6 Å². The lowest BCUT2D eigenvalue weighted by molar-refractivity contribution is 0.278. The van der Waals surface area contributed by atoms with Crippen LogP contribution in [0.2, 0.25) is 0 Å². The van der Waals surface area contributed by atoms with Crippen molar-refractivity contribution in [2.45, 2.75) is 25.8 Å². The van der Waals surface area contributed by atoms with Crippen LogP contribution < -0.4 is 16.6 Å². The summed E-state index contributed by atoms with van der Waals surface area (Å²) in [4.78, 5) is 4.01. The highest BCUT2D eigenvalue weighted by Crippen LogP contribution is 2.14. The molecule has 5 nitrogen and oxygen atoms in total. The van der Waals surface area contributed by atoms with Gasteiger partial charge in [-0.2, -0.15) is 0 Å². The SMILES string of the molecule is CCC(CCO)Nc1ccnc(NN)c1. The van der Waals surface area contributed by atoms with Gasteiger partial charge in [0.25, 0.3) is 0 Å². The maximum Gasteiger partial charge on any atom is 0.141 e. The van der Waals surface area contributed by atoms with Crippen molar-refractivity contribution in [3.05, 3.63) is 18.3 Å². The van der Waals surface area contributed by atoms with Gasteiger partial charge in [0.15, 0.2) is 0 Å². The number of pyridine rings is 1. The fraction of sp³-hybridized carbons (Fsp3) is 0.500. The largest absolute Gasteiger partial charge is 0.396 e. The Morgan fingerprint density at radius 3 is 3.00 bits per heavy atom. The van der Waals surface area contributed by atoms with Crippen LogP contribution in [0.5, 0.6) is 0 Å². The Hall–Kier alpha value is -1.33. The molecule has 1 aromatic rings. The van der Waals surface area contributed by atoms with Gasteiger partial charge in [0.05, 0.1) is 0 Å². The number of nitrogens with one attached hydrogen (secondary N) is 2. The van der Waals surface area contributed by atoms with Crippen LogP contribution in [-0.4, -0.2) is 22.7 Å². The van der Waals surface area contributed by atoms with Crippen molar-refractivity contribution in [3.63, 3.8) is 0 Å². The predicted octanol–water partition coefficient (Wildman–Crippen LogP) is 0.940. The maximum absolute atomic E-state index is 8.86. The van der Waals surface area contributed by atoms with E-state index in [1.54, 1.807) is 6.20 Å². The summed E-state index contributed by atoms with van der Waals surface area (Å²) in [6.45, 7) is 2.27. The zero-order chi connectivity index (χ0) is 11.1. The lowest BCUT2D eigenvalue weighted by atomic mass is 10.1. The molecule has 0 spiro atoms. The Kier molecular flexibility index (Phi) is 4.86. The average molecular weight is 210 g/mol. The van der Waals surface area contributed by atoms with Gasteiger partial charge in [0.2, 0.25) is 0 Å². The summed E-state index contributed by atoms with van der Waals surface area (Å²) in [6.07, 6.45) is 3.39. The number of hydrogen-bond acceptors (Lipinski definition) is 5. The Morgan fingerprint density at radius 1 is 1.60 bits per heavy atom. The number of anilines is 2. The summed E-state index contributed by atoms with van der Waals surface area (Å²) in [7, 11) is 0. The third kappa shape index (κ3) is 3.73. The highest BCUT2D eigenvalue weighted by Gasteiger charge is 2.05. The van der Waals surface area contributed by atoms with Crippen LogP contribution in [0.3, 0.4) is 0 Å². The van der Waals surface area contributed by atoms with Gasteiger partial charge in [0.1, 0.15) is 5.82 Å². The topological polar surface area (TPSA) is 83.2 Å². The molecule has 1 rings (SSSR count). The third-order valence-electron chi connectivity index (χ3n) is 2.25. The summed E-state index contributed by atoms with van der Waals surface area (Å²) in [5.74, 6) is 5.88. The van der Waals surface area contributed by atoms with Gasteiger partial charge in [-0.05, 0) is 18.9 Å². The van der Waals surface area contributed by atoms with E-state index in [1.807, 2.05) is 12.1 Å². The Bertz CT molecular complexity index is 293. The van der Waals surface area contributed by atoms with Crippen molar-refractivity contribution in [1.82, 2.24) is 4.98 Å². The van der Waals surface area contributed by atoms with E-state index in [0.717, 1.165) is 18.5 Å². The number of nitrogen functional groups attached to an aromatic ring is 1. The molecule has 0 amide bonds. The first kappa shape index (κ1) is 11.7. The van der Waals surface area contributed by atoms with Gasteiger partial charge in [-0.15, -0.1) is 0 Å². The molecule has 0 aromatic carbocycles. The minimum Gasteiger partial charge on any atom is -0.396 e. The number of hydrazine groups is 1. The standard InChI is InChI=1S/C10H18N4O/c1-2-8(4-6-15)13-9-3-5-12-10(7-9)14-11/h3,5,7-8,15H,2,4,6,11H2,1H3,(H2,12,13,14). The fourth-order valence-electron chi connectivity index (χ4n) is 1.37. The van der Waals surface area contributed by atoms with Crippen LogP contribution in [0.1, 0.15) is 19.8 Å². The second kappa shape index (κ2) is 6.21. The fourth-order valence-corrected chi connectivity index (χ4v) is 1.37. The van der Waals surface area contributed by atoms with Crippen molar-refractivity contribution < 1.29 is 5.11 Å². The first-order valence-electron chi connectivity index (χ1n) is 5.10. The molecule has 0 saturated carbocycles. The van der Waals surface area contributed by atoms with Crippen LogP contribution in [0.25, 0.3) is 0 Å². The summed E-state index contributed by atoms with van der Waals surface area (Å²) >= 11 is 0. The molecule has 1 aromatic heterocycles. The summed E-state index contributed by atoms with van der Waals surface area (Å²) < 4.78 is 0. The molecule has 0 aliphatic carbocycles. The van der Waals surface area contributed by atoms with E-state index >= 15 is 0 Å². The second-order valence-corrected chi connectivity index (χ2v) is 3.34. The van der Waals surface area contributed by atoms with Crippen molar-refractivity contribution in [3.8, 4) is 0 Å². The number of nitrogens with zero attached hydrogens (tertiary/aromatic N) is 1. The molecular weight excluding hydrogens is 192 g/mol. The first-order valence-corrected chi connectivity index (χ1v) is 5.10. The van der Waals surface area contributed by atoms with Gasteiger partial charge < -0.3 is 15.8 Å². The molecule has 0 aliphatic rings. The van der Waals surface area contributed by atoms with Gasteiger partial charge in [-0.1, -0.05) is 6.92 Å². The number of nitrogens with two attached hydrogens (primary N) is 1. The monoisotopic (exact) mass is 210 g/mol. The van der Waals surface area contributed by atoms with Gasteiger partial charge >= 0.3 is 0 Å². The first-order chi connectivity index (χ1) is 7.30. The Labute approximate surface area is 89.7 Å². The maximum atomic E-state index is 8.86. The molecule has 1 unspecified atom stereocenters. The van der Waals surface area contributed by atoms with Crippen molar-refractivity contribution in [2.75, 3.05) is 17.3 Å². The molecule has 5 heteroatoms. The Morgan fingerprint density at radius 2 is 2.40 bits per heavy atom. The molecule has 0 aliphatic heterocycles. The zero-order valence-electron chi connectivity index (χ0n) is 8.90.